The van der Waals surface area contributed by atoms with Gasteiger partial charge in [-0.2, -0.15) is 9.78 Å². The number of anilines is 2. The number of methoxy groups -OCH3 is 1. The first-order chi connectivity index (χ1) is 18.1. The van der Waals surface area contributed by atoms with E-state index < -0.39 is 5.56 Å². The van der Waals surface area contributed by atoms with E-state index in [-0.39, 0.29) is 17.3 Å². The van der Waals surface area contributed by atoms with Crippen molar-refractivity contribution in [2.75, 3.05) is 19.0 Å². The highest BCUT2D eigenvalue weighted by atomic mass is 16.5. The van der Waals surface area contributed by atoms with Crippen LogP contribution in [0.25, 0.3) is 5.69 Å². The van der Waals surface area contributed by atoms with Crippen molar-refractivity contribution >= 4 is 17.3 Å². The lowest BCUT2D eigenvalue weighted by molar-refractivity contribution is 0.0956. The first kappa shape index (κ1) is 24.1. The Kier molecular flexibility index (Phi) is 6.89. The minimum atomic E-state index is -0.396. The predicted octanol–water partition coefficient (Wildman–Crippen LogP) is 5.02. The number of hydrogen-bond acceptors (Lipinski definition) is 6. The van der Waals surface area contributed by atoms with Gasteiger partial charge in [-0.05, 0) is 91.9 Å². The highest BCUT2D eigenvalue weighted by Crippen LogP contribution is 2.32. The topological polar surface area (TPSA) is 94.5 Å². The Morgan fingerprint density at radius 2 is 1.78 bits per heavy atom. The van der Waals surface area contributed by atoms with E-state index in [0.29, 0.717) is 35.0 Å². The molecule has 0 bridgehead atoms. The smallest absolute Gasteiger partial charge is 0.299 e. The number of carbonyl (C=O) groups is 1. The van der Waals surface area contributed by atoms with Crippen LogP contribution in [0, 0.1) is 0 Å². The predicted molar refractivity (Wildman–Crippen MR) is 143 cm³/mol. The minimum Gasteiger partial charge on any atom is -0.497 e. The van der Waals surface area contributed by atoms with E-state index in [1.807, 2.05) is 19.1 Å². The molecule has 1 aliphatic rings. The number of nitrogens with zero attached hydrogens (tertiary/aromatic N) is 2. The van der Waals surface area contributed by atoms with E-state index in [0.717, 1.165) is 19.3 Å². The van der Waals surface area contributed by atoms with Gasteiger partial charge in [0.25, 0.3) is 11.5 Å². The summed E-state index contributed by atoms with van der Waals surface area (Å²) in [5.74, 6) is 1.42. The Bertz CT molecular complexity index is 1500. The molecule has 3 aromatic carbocycles. The van der Waals surface area contributed by atoms with Crippen molar-refractivity contribution in [1.29, 1.82) is 0 Å². The second-order valence-electron chi connectivity index (χ2n) is 8.75. The normalized spacial score (nSPS) is 12.1. The van der Waals surface area contributed by atoms with Crippen LogP contribution >= 0.6 is 0 Å². The van der Waals surface area contributed by atoms with Crippen LogP contribution in [0.4, 0.5) is 11.4 Å². The summed E-state index contributed by atoms with van der Waals surface area (Å²) in [4.78, 5) is 26.1. The number of rotatable bonds is 8. The van der Waals surface area contributed by atoms with Gasteiger partial charge < -0.3 is 20.1 Å². The van der Waals surface area contributed by atoms with E-state index in [1.165, 1.54) is 22.0 Å². The van der Waals surface area contributed by atoms with Crippen molar-refractivity contribution in [2.45, 2.75) is 26.2 Å². The second kappa shape index (κ2) is 10.6. The van der Waals surface area contributed by atoms with Crippen LogP contribution in [-0.4, -0.2) is 29.3 Å². The summed E-state index contributed by atoms with van der Waals surface area (Å²) in [7, 11) is 1.58. The number of amides is 1. The summed E-state index contributed by atoms with van der Waals surface area (Å²) in [6, 6.07) is 20.0. The van der Waals surface area contributed by atoms with Gasteiger partial charge in [-0.15, -0.1) is 0 Å². The molecule has 5 rings (SSSR count). The first-order valence-electron chi connectivity index (χ1n) is 12.3. The molecule has 0 atom stereocenters. The zero-order chi connectivity index (χ0) is 25.8. The maximum absolute atomic E-state index is 13.7. The molecule has 0 radical (unpaired) electrons. The van der Waals surface area contributed by atoms with Crippen LogP contribution in [-0.2, 0) is 12.8 Å². The summed E-state index contributed by atoms with van der Waals surface area (Å²) >= 11 is 0. The standard InChI is InChI=1S/C29H28N4O4/c1-3-30-28(34)21-8-5-9-22(16-21)32-27-26(37-25-13-10-19-6-4-7-20(19)17-25)18-31-33(29(27)35)23-11-14-24(36-2)15-12-23/h5,8-18,32H,3-4,6-7H2,1-2H3,(H,30,34). The Labute approximate surface area is 214 Å². The molecular formula is C29H28N4O4. The molecule has 0 fully saturated rings. The number of benzene rings is 3. The van der Waals surface area contributed by atoms with Crippen molar-refractivity contribution in [3.8, 4) is 22.9 Å². The number of ether oxygens (including phenoxy) is 2. The van der Waals surface area contributed by atoms with Gasteiger partial charge in [0.1, 0.15) is 11.5 Å². The third-order valence-corrected chi connectivity index (χ3v) is 6.29. The lowest BCUT2D eigenvalue weighted by Gasteiger charge is -2.15. The SMILES string of the molecule is CCNC(=O)c1cccc(Nc2c(Oc3ccc4c(c3)CCC4)cnn(-c3ccc(OC)cc3)c2=O)c1. The molecule has 1 aliphatic carbocycles. The fraction of sp³-hybridized carbons (Fsp3) is 0.207. The van der Waals surface area contributed by atoms with Crippen molar-refractivity contribution in [1.82, 2.24) is 15.1 Å². The lowest BCUT2D eigenvalue weighted by Crippen LogP contribution is -2.24. The molecule has 1 aromatic heterocycles. The summed E-state index contributed by atoms with van der Waals surface area (Å²) in [6.07, 6.45) is 4.74. The second-order valence-corrected chi connectivity index (χ2v) is 8.75. The third kappa shape index (κ3) is 5.18. The first-order valence-corrected chi connectivity index (χ1v) is 12.3. The van der Waals surface area contributed by atoms with Gasteiger partial charge in [-0.3, -0.25) is 9.59 Å². The molecule has 8 heteroatoms. The minimum absolute atomic E-state index is 0.189. The molecule has 37 heavy (non-hydrogen) atoms. The van der Waals surface area contributed by atoms with Gasteiger partial charge in [-0.25, -0.2) is 0 Å². The van der Waals surface area contributed by atoms with E-state index in [2.05, 4.69) is 21.8 Å². The van der Waals surface area contributed by atoms with Crippen molar-refractivity contribution in [2.24, 2.45) is 0 Å². The number of nitrogens with one attached hydrogen (secondary N) is 2. The van der Waals surface area contributed by atoms with Gasteiger partial charge in [0.05, 0.1) is 19.0 Å². The van der Waals surface area contributed by atoms with Crippen LogP contribution < -0.4 is 25.7 Å². The van der Waals surface area contributed by atoms with Gasteiger partial charge in [-0.1, -0.05) is 12.1 Å². The lowest BCUT2D eigenvalue weighted by atomic mass is 10.1. The third-order valence-electron chi connectivity index (χ3n) is 6.29. The van der Waals surface area contributed by atoms with Gasteiger partial charge in [0.2, 0.25) is 0 Å². The molecule has 8 nitrogen and oxygen atoms in total. The molecule has 4 aromatic rings. The number of hydrogen-bond donors (Lipinski definition) is 2. The fourth-order valence-corrected chi connectivity index (χ4v) is 4.42. The van der Waals surface area contributed by atoms with E-state index in [9.17, 15) is 9.59 Å². The van der Waals surface area contributed by atoms with E-state index in [1.54, 1.807) is 55.6 Å². The van der Waals surface area contributed by atoms with Crippen molar-refractivity contribution in [3.05, 3.63) is 100.0 Å². The molecule has 0 aliphatic heterocycles. The maximum Gasteiger partial charge on any atom is 0.299 e. The van der Waals surface area contributed by atoms with Crippen LogP contribution in [0.1, 0.15) is 34.8 Å². The quantitative estimate of drug-likeness (QED) is 0.356. The molecular weight excluding hydrogens is 468 g/mol. The van der Waals surface area contributed by atoms with E-state index >= 15 is 0 Å². The van der Waals surface area contributed by atoms with Gasteiger partial charge in [0.15, 0.2) is 11.4 Å². The van der Waals surface area contributed by atoms with Crippen LogP contribution in [0.5, 0.6) is 17.2 Å². The Balaban J connectivity index is 1.55. The van der Waals surface area contributed by atoms with E-state index in [4.69, 9.17) is 9.47 Å². The summed E-state index contributed by atoms with van der Waals surface area (Å²) in [5.41, 5.74) is 4.05. The number of aromatic nitrogens is 2. The highest BCUT2D eigenvalue weighted by Gasteiger charge is 2.18. The average Bonchev–Trinajstić information content (AvgIpc) is 3.39. The molecule has 1 amide bonds. The molecule has 2 N–H and O–H groups in total. The van der Waals surface area contributed by atoms with Crippen LogP contribution in [0.2, 0.25) is 0 Å². The summed E-state index contributed by atoms with van der Waals surface area (Å²) in [5, 5.41) is 10.4. The molecule has 1 heterocycles. The Morgan fingerprint density at radius 3 is 2.57 bits per heavy atom. The Morgan fingerprint density at radius 1 is 1.00 bits per heavy atom. The maximum atomic E-state index is 13.7. The average molecular weight is 497 g/mol. The molecule has 188 valence electrons. The monoisotopic (exact) mass is 496 g/mol. The van der Waals surface area contributed by atoms with Crippen LogP contribution in [0.15, 0.2) is 77.7 Å². The number of aryl methyl sites for hydroxylation is 2. The molecule has 0 saturated carbocycles. The molecule has 0 spiro atoms. The van der Waals surface area contributed by atoms with Crippen molar-refractivity contribution in [3.63, 3.8) is 0 Å². The fourth-order valence-electron chi connectivity index (χ4n) is 4.42. The summed E-state index contributed by atoms with van der Waals surface area (Å²) < 4.78 is 12.7. The number of carbonyl (C=O) groups excluding carboxylic acids is 1. The summed E-state index contributed by atoms with van der Waals surface area (Å²) in [6.45, 7) is 2.38. The van der Waals surface area contributed by atoms with Gasteiger partial charge >= 0.3 is 0 Å². The molecule has 0 saturated heterocycles. The zero-order valence-corrected chi connectivity index (χ0v) is 20.8. The van der Waals surface area contributed by atoms with Crippen molar-refractivity contribution < 1.29 is 14.3 Å². The Hall–Kier alpha value is -4.59. The number of fused-ring (bicyclic) bond motifs is 1. The van der Waals surface area contributed by atoms with Gasteiger partial charge in [0, 0.05) is 17.8 Å². The largest absolute Gasteiger partial charge is 0.497 e. The van der Waals surface area contributed by atoms with Crippen LogP contribution in [0.3, 0.4) is 0 Å². The molecule has 0 unspecified atom stereocenters. The zero-order valence-electron chi connectivity index (χ0n) is 20.8. The highest BCUT2D eigenvalue weighted by molar-refractivity contribution is 5.95.